The third kappa shape index (κ3) is 2.43. The Labute approximate surface area is 96.3 Å². The van der Waals surface area contributed by atoms with E-state index >= 15 is 0 Å². The van der Waals surface area contributed by atoms with Crippen LogP contribution in [0.25, 0.3) is 0 Å². The maximum atomic E-state index is 11.5. The number of ether oxygens (including phenoxy) is 1. The molecule has 0 radical (unpaired) electrons. The number of hydrogen-bond acceptors (Lipinski definition) is 4. The van der Waals surface area contributed by atoms with Gasteiger partial charge in [-0.3, -0.25) is 4.79 Å². The lowest BCUT2D eigenvalue weighted by Gasteiger charge is -1.99. The number of methoxy groups -OCH3 is 1. The second-order valence-electron chi connectivity index (χ2n) is 4.68. The molecule has 1 fully saturated rings. The molecule has 1 rings (SSSR count). The van der Waals surface area contributed by atoms with E-state index in [9.17, 15) is 4.79 Å². The van der Waals surface area contributed by atoms with Gasteiger partial charge in [-0.15, -0.1) is 0 Å². The van der Waals surface area contributed by atoms with E-state index < -0.39 is 0 Å². The van der Waals surface area contributed by atoms with Crippen molar-refractivity contribution in [2.75, 3.05) is 14.2 Å². The van der Waals surface area contributed by atoms with Gasteiger partial charge in [0.2, 0.25) is 0 Å². The average Bonchev–Trinajstić information content (AvgIpc) is 2.76. The molecule has 0 aliphatic heterocycles. The Morgan fingerprint density at radius 3 is 2.50 bits per heavy atom. The van der Waals surface area contributed by atoms with Crippen LogP contribution in [-0.4, -0.2) is 26.4 Å². The Bertz CT molecular complexity index is 331. The number of nitrogens with zero attached hydrogens (tertiary/aromatic N) is 1. The summed E-state index contributed by atoms with van der Waals surface area (Å²) in [6.07, 6.45) is 3.69. The van der Waals surface area contributed by atoms with E-state index in [-0.39, 0.29) is 23.2 Å². The molecular formula is C12H19NO3. The molecule has 0 heterocycles. The van der Waals surface area contributed by atoms with Gasteiger partial charge in [-0.05, 0) is 23.8 Å². The third-order valence-corrected chi connectivity index (χ3v) is 3.17. The van der Waals surface area contributed by atoms with E-state index in [4.69, 9.17) is 4.74 Å². The molecule has 0 spiro atoms. The van der Waals surface area contributed by atoms with E-state index in [1.54, 1.807) is 6.21 Å². The quantitative estimate of drug-likeness (QED) is 0.418. The first-order valence-electron chi connectivity index (χ1n) is 5.28. The topological polar surface area (TPSA) is 47.9 Å². The van der Waals surface area contributed by atoms with E-state index in [1.807, 2.05) is 13.0 Å². The molecular weight excluding hydrogens is 206 g/mol. The van der Waals surface area contributed by atoms with Gasteiger partial charge in [-0.2, -0.15) is 0 Å². The Kier molecular flexibility index (Phi) is 3.73. The summed E-state index contributed by atoms with van der Waals surface area (Å²) in [7, 11) is 2.93. The van der Waals surface area contributed by atoms with E-state index in [0.29, 0.717) is 0 Å². The Morgan fingerprint density at radius 1 is 1.38 bits per heavy atom. The minimum absolute atomic E-state index is 0.0186. The fraction of sp³-hybridized carbons (Fsp3) is 0.667. The molecule has 0 N–H and O–H groups in total. The number of esters is 1. The summed E-state index contributed by atoms with van der Waals surface area (Å²) in [5.74, 6) is 0.0504. The molecule has 0 bridgehead atoms. The van der Waals surface area contributed by atoms with Crippen molar-refractivity contribution >= 4 is 12.2 Å². The van der Waals surface area contributed by atoms with Gasteiger partial charge < -0.3 is 9.57 Å². The highest BCUT2D eigenvalue weighted by molar-refractivity contribution is 5.80. The van der Waals surface area contributed by atoms with Crippen LogP contribution in [0.15, 0.2) is 16.8 Å². The molecule has 1 saturated carbocycles. The second kappa shape index (κ2) is 4.68. The zero-order valence-corrected chi connectivity index (χ0v) is 10.5. The summed E-state index contributed by atoms with van der Waals surface area (Å²) in [6.45, 7) is 6.07. The number of carbonyl (C=O) groups excluding carboxylic acids is 1. The predicted octanol–water partition coefficient (Wildman–Crippen LogP) is 2.01. The van der Waals surface area contributed by atoms with E-state index in [1.165, 1.54) is 14.2 Å². The SMILES string of the molecule is CO/N=C/C(C)=C/[C@@H]1[C@@H](C(=O)OC)C1(C)C. The van der Waals surface area contributed by atoms with E-state index in [0.717, 1.165) is 5.57 Å². The minimum Gasteiger partial charge on any atom is -0.469 e. The first-order chi connectivity index (χ1) is 7.45. The van der Waals surface area contributed by atoms with Crippen molar-refractivity contribution in [2.45, 2.75) is 20.8 Å². The molecule has 1 aliphatic carbocycles. The monoisotopic (exact) mass is 225 g/mol. The molecule has 0 aromatic heterocycles. The normalized spacial score (nSPS) is 27.9. The first-order valence-corrected chi connectivity index (χ1v) is 5.28. The molecule has 90 valence electrons. The highest BCUT2D eigenvalue weighted by atomic mass is 16.6. The molecule has 16 heavy (non-hydrogen) atoms. The summed E-state index contributed by atoms with van der Waals surface area (Å²) < 4.78 is 4.78. The second-order valence-corrected chi connectivity index (χ2v) is 4.68. The smallest absolute Gasteiger partial charge is 0.309 e. The zero-order valence-electron chi connectivity index (χ0n) is 10.5. The van der Waals surface area contributed by atoms with Crippen LogP contribution in [0, 0.1) is 17.3 Å². The number of hydrogen-bond donors (Lipinski definition) is 0. The number of oxime groups is 1. The average molecular weight is 225 g/mol. The molecule has 0 aromatic rings. The molecule has 0 aromatic carbocycles. The summed E-state index contributed by atoms with van der Waals surface area (Å²) in [4.78, 5) is 16.1. The van der Waals surface area contributed by atoms with Crippen molar-refractivity contribution < 1.29 is 14.4 Å². The summed E-state index contributed by atoms with van der Waals surface area (Å²) >= 11 is 0. The lowest BCUT2D eigenvalue weighted by atomic mass is 10.1. The van der Waals surface area contributed by atoms with Gasteiger partial charge in [-0.25, -0.2) is 0 Å². The van der Waals surface area contributed by atoms with Crippen molar-refractivity contribution in [3.05, 3.63) is 11.6 Å². The van der Waals surface area contributed by atoms with Gasteiger partial charge in [0.1, 0.15) is 7.11 Å². The van der Waals surface area contributed by atoms with Gasteiger partial charge in [0.05, 0.1) is 19.2 Å². The first kappa shape index (κ1) is 12.7. The molecule has 4 nitrogen and oxygen atoms in total. The molecule has 2 atom stereocenters. The van der Waals surface area contributed by atoms with Gasteiger partial charge in [-0.1, -0.05) is 25.1 Å². The van der Waals surface area contributed by atoms with Crippen LogP contribution in [0.5, 0.6) is 0 Å². The van der Waals surface area contributed by atoms with Crippen molar-refractivity contribution in [1.82, 2.24) is 0 Å². The Morgan fingerprint density at radius 2 is 2.00 bits per heavy atom. The van der Waals surface area contributed by atoms with Crippen LogP contribution in [0.1, 0.15) is 20.8 Å². The minimum atomic E-state index is -0.136. The van der Waals surface area contributed by atoms with E-state index in [2.05, 4.69) is 23.8 Å². The maximum Gasteiger partial charge on any atom is 0.309 e. The summed E-state index contributed by atoms with van der Waals surface area (Å²) in [5, 5.41) is 3.68. The van der Waals surface area contributed by atoms with Crippen LogP contribution in [0.4, 0.5) is 0 Å². The molecule has 4 heteroatoms. The van der Waals surface area contributed by atoms with Crippen molar-refractivity contribution in [3.63, 3.8) is 0 Å². The van der Waals surface area contributed by atoms with Crippen LogP contribution >= 0.6 is 0 Å². The fourth-order valence-electron chi connectivity index (χ4n) is 2.03. The fourth-order valence-corrected chi connectivity index (χ4v) is 2.03. The van der Waals surface area contributed by atoms with Crippen LogP contribution in [0.3, 0.4) is 0 Å². The van der Waals surface area contributed by atoms with Crippen LogP contribution in [-0.2, 0) is 14.4 Å². The lowest BCUT2D eigenvalue weighted by Crippen LogP contribution is -2.07. The van der Waals surface area contributed by atoms with Gasteiger partial charge in [0.25, 0.3) is 0 Å². The molecule has 0 unspecified atom stereocenters. The number of carbonyl (C=O) groups is 1. The standard InChI is InChI=1S/C12H19NO3/c1-8(7-13-16-5)6-9-10(11(14)15-4)12(9,2)3/h6-7,9-10H,1-5H3/b8-6+,13-7+/t9-,10+/m1/s1. The zero-order chi connectivity index (χ0) is 12.3. The van der Waals surface area contributed by atoms with Crippen LogP contribution < -0.4 is 0 Å². The van der Waals surface area contributed by atoms with Gasteiger partial charge in [0, 0.05) is 0 Å². The molecule has 0 amide bonds. The lowest BCUT2D eigenvalue weighted by molar-refractivity contribution is -0.143. The number of rotatable bonds is 4. The van der Waals surface area contributed by atoms with Crippen LogP contribution in [0.2, 0.25) is 0 Å². The highest BCUT2D eigenvalue weighted by Crippen LogP contribution is 2.59. The maximum absolute atomic E-state index is 11.5. The van der Waals surface area contributed by atoms with Gasteiger partial charge in [0.15, 0.2) is 0 Å². The summed E-state index contributed by atoms with van der Waals surface area (Å²) in [5.41, 5.74) is 0.973. The highest BCUT2D eigenvalue weighted by Gasteiger charge is 2.61. The Balaban J connectivity index is 2.70. The largest absolute Gasteiger partial charge is 0.469 e. The Hall–Kier alpha value is -1.32. The van der Waals surface area contributed by atoms with Gasteiger partial charge >= 0.3 is 5.97 Å². The van der Waals surface area contributed by atoms with Crippen molar-refractivity contribution in [2.24, 2.45) is 22.4 Å². The van der Waals surface area contributed by atoms with Crippen molar-refractivity contribution in [1.29, 1.82) is 0 Å². The molecule has 0 saturated heterocycles. The predicted molar refractivity (Wildman–Crippen MR) is 62.0 cm³/mol. The molecule has 1 aliphatic rings. The third-order valence-electron chi connectivity index (χ3n) is 3.17. The number of allylic oxidation sites excluding steroid dienone is 2. The van der Waals surface area contributed by atoms with Crippen molar-refractivity contribution in [3.8, 4) is 0 Å². The summed E-state index contributed by atoms with van der Waals surface area (Å²) in [6, 6.07) is 0.